The molecule has 0 spiro atoms. The van der Waals surface area contributed by atoms with Crippen LogP contribution in [0.25, 0.3) is 0 Å². The highest BCUT2D eigenvalue weighted by Gasteiger charge is 2.30. The molecule has 600 valence electrons. The van der Waals surface area contributed by atoms with Crippen LogP contribution in [0.1, 0.15) is 439 Å². The molecule has 0 rings (SSSR count). The standard InChI is InChI=1S/C82H160O17P2/c1-6-10-13-16-19-22-25-28-30-32-34-36-38-40-42-45-48-51-58-63-68-82(87)98-77(71-92-79(84)65-60-55-49-46-44-41-39-37-35-33-31-29-26-23-20-17-14-11-7-2)73-96-100(88,89)94-69-76(83)70-95-101(90,91)97-74-78(72-93-80(85)66-61-56-53-52-54-59-64-75(5)9-4)99-81(86)67-62-57-50-47-43-27-24-21-18-15-12-8-3/h75-78,83H,6-74H2,1-5H3,(H,88,89)(H,90,91)/t75?,76-,77-,78-/m1/s1. The van der Waals surface area contributed by atoms with Crippen molar-refractivity contribution < 1.29 is 80.2 Å². The minimum atomic E-state index is -4.96. The van der Waals surface area contributed by atoms with Crippen LogP contribution < -0.4 is 0 Å². The van der Waals surface area contributed by atoms with Crippen molar-refractivity contribution in [1.29, 1.82) is 0 Å². The van der Waals surface area contributed by atoms with Gasteiger partial charge in [-0.3, -0.25) is 37.3 Å². The van der Waals surface area contributed by atoms with E-state index in [4.69, 9.17) is 37.0 Å². The van der Waals surface area contributed by atoms with Crippen LogP contribution in [0, 0.1) is 5.92 Å². The van der Waals surface area contributed by atoms with Crippen LogP contribution in [0.4, 0.5) is 0 Å². The van der Waals surface area contributed by atoms with Gasteiger partial charge >= 0.3 is 39.5 Å². The molecule has 0 aliphatic carbocycles. The van der Waals surface area contributed by atoms with E-state index in [1.165, 1.54) is 257 Å². The number of hydrogen-bond donors (Lipinski definition) is 3. The van der Waals surface area contributed by atoms with Crippen LogP contribution in [0.15, 0.2) is 0 Å². The summed E-state index contributed by atoms with van der Waals surface area (Å²) in [6.07, 6.45) is 66.7. The molecule has 0 saturated carbocycles. The average molecular weight is 1480 g/mol. The van der Waals surface area contributed by atoms with Gasteiger partial charge in [0.15, 0.2) is 12.2 Å². The van der Waals surface area contributed by atoms with Gasteiger partial charge < -0.3 is 33.8 Å². The van der Waals surface area contributed by atoms with Crippen molar-refractivity contribution in [3.8, 4) is 0 Å². The van der Waals surface area contributed by atoms with E-state index in [0.717, 1.165) is 102 Å². The Hall–Kier alpha value is -1.94. The average Bonchev–Trinajstić information content (AvgIpc) is 1.17. The van der Waals surface area contributed by atoms with Gasteiger partial charge in [-0.25, -0.2) is 9.13 Å². The van der Waals surface area contributed by atoms with Gasteiger partial charge in [-0.1, -0.05) is 388 Å². The second-order valence-electron chi connectivity index (χ2n) is 29.8. The van der Waals surface area contributed by atoms with Gasteiger partial charge in [0.05, 0.1) is 26.4 Å². The van der Waals surface area contributed by atoms with Crippen molar-refractivity contribution in [2.24, 2.45) is 5.92 Å². The zero-order valence-corrected chi connectivity index (χ0v) is 67.8. The lowest BCUT2D eigenvalue weighted by Crippen LogP contribution is -2.30. The van der Waals surface area contributed by atoms with E-state index in [-0.39, 0.29) is 25.7 Å². The number of ether oxygens (including phenoxy) is 4. The van der Waals surface area contributed by atoms with E-state index in [0.29, 0.717) is 25.7 Å². The number of aliphatic hydroxyl groups is 1. The monoisotopic (exact) mass is 1480 g/mol. The van der Waals surface area contributed by atoms with Crippen LogP contribution in [0.2, 0.25) is 0 Å². The molecule has 17 nitrogen and oxygen atoms in total. The molecule has 0 aromatic rings. The largest absolute Gasteiger partial charge is 0.472 e. The van der Waals surface area contributed by atoms with E-state index in [1.54, 1.807) is 0 Å². The quantitative estimate of drug-likeness (QED) is 0.0222. The zero-order chi connectivity index (χ0) is 74.1. The normalized spacial score (nSPS) is 14.1. The second-order valence-corrected chi connectivity index (χ2v) is 32.7. The molecule has 0 fully saturated rings. The summed E-state index contributed by atoms with van der Waals surface area (Å²) in [6, 6.07) is 0. The summed E-state index contributed by atoms with van der Waals surface area (Å²) in [6.45, 7) is 7.29. The van der Waals surface area contributed by atoms with E-state index in [2.05, 4.69) is 34.6 Å². The SMILES string of the molecule is CCCCCCCCCCCCCCCCCCCCCCC(=O)O[C@H](COC(=O)CCCCCCCCCCCCCCCCCCCCC)COP(=O)(O)OC[C@@H](O)COP(=O)(O)OC[C@@H](COC(=O)CCCCCCCCC(C)CC)OC(=O)CCCCCCCCCCCCCC. The molecular weight excluding hydrogens is 1320 g/mol. The minimum absolute atomic E-state index is 0.107. The summed E-state index contributed by atoms with van der Waals surface area (Å²) in [5.74, 6) is -1.38. The lowest BCUT2D eigenvalue weighted by Gasteiger charge is -2.21. The van der Waals surface area contributed by atoms with Crippen LogP contribution in [-0.2, 0) is 65.4 Å². The van der Waals surface area contributed by atoms with Crippen molar-refractivity contribution in [2.75, 3.05) is 39.6 Å². The molecule has 0 saturated heterocycles. The van der Waals surface area contributed by atoms with Crippen LogP contribution in [-0.4, -0.2) is 96.7 Å². The molecule has 0 aromatic heterocycles. The summed E-state index contributed by atoms with van der Waals surface area (Å²) >= 11 is 0. The summed E-state index contributed by atoms with van der Waals surface area (Å²) in [7, 11) is -9.92. The molecule has 3 N–H and O–H groups in total. The Kier molecular flexibility index (Phi) is 73.5. The van der Waals surface area contributed by atoms with E-state index in [9.17, 15) is 43.2 Å². The number of hydrogen-bond acceptors (Lipinski definition) is 15. The number of aliphatic hydroxyl groups excluding tert-OH is 1. The highest BCUT2D eigenvalue weighted by atomic mass is 31.2. The highest BCUT2D eigenvalue weighted by molar-refractivity contribution is 7.47. The molecular formula is C82H160O17P2. The van der Waals surface area contributed by atoms with Crippen molar-refractivity contribution >= 4 is 39.5 Å². The molecule has 0 heterocycles. The fraction of sp³-hybridized carbons (Fsp3) is 0.951. The van der Waals surface area contributed by atoms with Gasteiger partial charge in [0.1, 0.15) is 19.3 Å². The third-order valence-electron chi connectivity index (χ3n) is 19.6. The number of carbonyl (C=O) groups excluding carboxylic acids is 4. The number of unbranched alkanes of at least 4 members (excludes halogenated alkanes) is 53. The van der Waals surface area contributed by atoms with Crippen LogP contribution in [0.5, 0.6) is 0 Å². The highest BCUT2D eigenvalue weighted by Crippen LogP contribution is 2.45. The summed E-state index contributed by atoms with van der Waals surface area (Å²) in [4.78, 5) is 73.0. The predicted molar refractivity (Wildman–Crippen MR) is 414 cm³/mol. The van der Waals surface area contributed by atoms with Gasteiger partial charge in [0, 0.05) is 25.7 Å². The summed E-state index contributed by atoms with van der Waals surface area (Å²) in [5, 5.41) is 10.6. The molecule has 19 heteroatoms. The molecule has 0 aliphatic rings. The number of phosphoric ester groups is 2. The lowest BCUT2D eigenvalue weighted by atomic mass is 10.00. The third-order valence-corrected chi connectivity index (χ3v) is 21.5. The van der Waals surface area contributed by atoms with E-state index < -0.39 is 97.5 Å². The van der Waals surface area contributed by atoms with Crippen LogP contribution in [0.3, 0.4) is 0 Å². The number of phosphoric acid groups is 2. The number of carbonyl (C=O) groups is 4. The first-order valence-electron chi connectivity index (χ1n) is 42.7. The Morgan fingerprint density at radius 1 is 0.277 bits per heavy atom. The van der Waals surface area contributed by atoms with E-state index >= 15 is 0 Å². The first kappa shape index (κ1) is 99.1. The van der Waals surface area contributed by atoms with Gasteiger partial charge in [0.2, 0.25) is 0 Å². The maximum atomic E-state index is 13.1. The summed E-state index contributed by atoms with van der Waals surface area (Å²) in [5.41, 5.74) is 0. The Balaban J connectivity index is 5.21. The van der Waals surface area contributed by atoms with Crippen molar-refractivity contribution in [3.63, 3.8) is 0 Å². The minimum Gasteiger partial charge on any atom is -0.462 e. The van der Waals surface area contributed by atoms with E-state index in [1.807, 2.05) is 0 Å². The topological polar surface area (TPSA) is 237 Å². The van der Waals surface area contributed by atoms with Gasteiger partial charge in [-0.2, -0.15) is 0 Å². The summed E-state index contributed by atoms with van der Waals surface area (Å²) < 4.78 is 68.7. The molecule has 0 aliphatic heterocycles. The molecule has 101 heavy (non-hydrogen) atoms. The Morgan fingerprint density at radius 3 is 0.703 bits per heavy atom. The molecule has 3 unspecified atom stereocenters. The maximum absolute atomic E-state index is 13.1. The van der Waals surface area contributed by atoms with Crippen LogP contribution >= 0.6 is 15.6 Å². The predicted octanol–water partition coefficient (Wildman–Crippen LogP) is 24.8. The number of esters is 4. The molecule has 0 radical (unpaired) electrons. The first-order chi connectivity index (χ1) is 49.1. The smallest absolute Gasteiger partial charge is 0.462 e. The third kappa shape index (κ3) is 74.7. The van der Waals surface area contributed by atoms with Crippen molar-refractivity contribution in [1.82, 2.24) is 0 Å². The first-order valence-corrected chi connectivity index (χ1v) is 45.7. The molecule has 0 aromatic carbocycles. The molecule has 0 amide bonds. The Bertz CT molecular complexity index is 1930. The zero-order valence-electron chi connectivity index (χ0n) is 66.1. The van der Waals surface area contributed by atoms with Crippen molar-refractivity contribution in [2.45, 2.75) is 457 Å². The van der Waals surface area contributed by atoms with Gasteiger partial charge in [0.25, 0.3) is 0 Å². The Labute approximate surface area is 619 Å². The van der Waals surface area contributed by atoms with Gasteiger partial charge in [-0.15, -0.1) is 0 Å². The fourth-order valence-corrected chi connectivity index (χ4v) is 14.3. The fourth-order valence-electron chi connectivity index (χ4n) is 12.7. The Morgan fingerprint density at radius 2 is 0.475 bits per heavy atom. The molecule has 0 bridgehead atoms. The lowest BCUT2D eigenvalue weighted by molar-refractivity contribution is -0.161. The maximum Gasteiger partial charge on any atom is 0.472 e. The van der Waals surface area contributed by atoms with Crippen molar-refractivity contribution in [3.05, 3.63) is 0 Å². The second kappa shape index (κ2) is 74.9. The molecule has 6 atom stereocenters. The number of rotatable bonds is 82. The van der Waals surface area contributed by atoms with Gasteiger partial charge in [-0.05, 0) is 31.6 Å².